The molecule has 0 bridgehead atoms. The summed E-state index contributed by atoms with van der Waals surface area (Å²) in [4.78, 5) is 7.04. The van der Waals surface area contributed by atoms with Crippen LogP contribution < -0.4 is 10.2 Å². The van der Waals surface area contributed by atoms with Gasteiger partial charge in [-0.1, -0.05) is 6.08 Å². The Balaban J connectivity index is 2.96. The predicted molar refractivity (Wildman–Crippen MR) is 93.0 cm³/mol. The largest absolute Gasteiger partial charge is 0.359 e. The minimum Gasteiger partial charge on any atom is -0.359 e. The Kier molecular flexibility index (Phi) is 6.41. The Morgan fingerprint density at radius 2 is 2.00 bits per heavy atom. The van der Waals surface area contributed by atoms with Crippen molar-refractivity contribution < 1.29 is 0 Å². The van der Waals surface area contributed by atoms with Crippen molar-refractivity contribution in [3.63, 3.8) is 0 Å². The Hall–Kier alpha value is -1.35. The first-order valence-electron chi connectivity index (χ1n) is 7.79. The van der Waals surface area contributed by atoms with Crippen LogP contribution >= 0.6 is 0 Å². The summed E-state index contributed by atoms with van der Waals surface area (Å²) in [7, 11) is 2.13. The molecule has 118 valence electrons. The monoisotopic (exact) mass is 289 g/mol. The van der Waals surface area contributed by atoms with Gasteiger partial charge in [0, 0.05) is 36.9 Å². The summed E-state index contributed by atoms with van der Waals surface area (Å²) in [6.07, 6.45) is 4.14. The van der Waals surface area contributed by atoms with Gasteiger partial charge < -0.3 is 10.2 Å². The number of rotatable bonds is 7. The molecule has 0 aliphatic heterocycles. The molecular weight excluding hydrogens is 258 g/mol. The van der Waals surface area contributed by atoms with Crippen LogP contribution in [0.3, 0.4) is 0 Å². The Labute approximate surface area is 130 Å². The van der Waals surface area contributed by atoms with E-state index in [1.54, 1.807) is 0 Å². The molecule has 1 aromatic heterocycles. The SMILES string of the molecule is C=CCCCN(C)c1nc(C)cc(C)c1CNC(C)(C)C. The van der Waals surface area contributed by atoms with E-state index >= 15 is 0 Å². The number of unbranched alkanes of at least 4 members (excludes halogenated alkanes) is 1. The number of allylic oxidation sites excluding steroid dienone is 1. The van der Waals surface area contributed by atoms with Crippen LogP contribution in [0.25, 0.3) is 0 Å². The first kappa shape index (κ1) is 17.7. The molecule has 1 heterocycles. The Morgan fingerprint density at radius 1 is 1.33 bits per heavy atom. The van der Waals surface area contributed by atoms with Gasteiger partial charge in [-0.15, -0.1) is 6.58 Å². The smallest absolute Gasteiger partial charge is 0.133 e. The molecule has 21 heavy (non-hydrogen) atoms. The van der Waals surface area contributed by atoms with E-state index in [-0.39, 0.29) is 5.54 Å². The van der Waals surface area contributed by atoms with E-state index in [2.05, 4.69) is 64.5 Å². The topological polar surface area (TPSA) is 28.2 Å². The maximum absolute atomic E-state index is 4.77. The zero-order chi connectivity index (χ0) is 16.0. The Bertz CT molecular complexity index is 472. The highest BCUT2D eigenvalue weighted by molar-refractivity contribution is 5.51. The molecule has 1 N–H and O–H groups in total. The summed E-state index contributed by atoms with van der Waals surface area (Å²) < 4.78 is 0. The summed E-state index contributed by atoms with van der Waals surface area (Å²) in [6, 6.07) is 2.17. The molecule has 0 radical (unpaired) electrons. The number of hydrogen-bond acceptors (Lipinski definition) is 3. The molecule has 0 aliphatic rings. The van der Waals surface area contributed by atoms with Crippen molar-refractivity contribution in [1.82, 2.24) is 10.3 Å². The quantitative estimate of drug-likeness (QED) is 0.607. The highest BCUT2D eigenvalue weighted by Crippen LogP contribution is 2.23. The summed E-state index contributed by atoms with van der Waals surface area (Å²) in [5.41, 5.74) is 3.80. The van der Waals surface area contributed by atoms with Crippen molar-refractivity contribution in [2.24, 2.45) is 0 Å². The van der Waals surface area contributed by atoms with Gasteiger partial charge in [-0.05, 0) is 59.1 Å². The van der Waals surface area contributed by atoms with Crippen LogP contribution in [0.2, 0.25) is 0 Å². The van der Waals surface area contributed by atoms with Crippen LogP contribution in [0.4, 0.5) is 5.82 Å². The summed E-state index contributed by atoms with van der Waals surface area (Å²) in [6.45, 7) is 16.5. The zero-order valence-corrected chi connectivity index (χ0v) is 14.6. The van der Waals surface area contributed by atoms with Gasteiger partial charge in [-0.3, -0.25) is 0 Å². The molecule has 0 unspecified atom stereocenters. The molecule has 0 atom stereocenters. The van der Waals surface area contributed by atoms with Crippen molar-refractivity contribution in [3.05, 3.63) is 35.5 Å². The molecule has 1 rings (SSSR count). The first-order valence-corrected chi connectivity index (χ1v) is 7.79. The standard InChI is InChI=1S/C18H31N3/c1-8-9-10-11-21(7)17-16(13-19-18(4,5)6)14(2)12-15(3)20-17/h8,12,19H,1,9-11,13H2,2-7H3. The van der Waals surface area contributed by atoms with Crippen LogP contribution in [0.5, 0.6) is 0 Å². The lowest BCUT2D eigenvalue weighted by Crippen LogP contribution is -2.36. The van der Waals surface area contributed by atoms with Crippen molar-refractivity contribution in [3.8, 4) is 0 Å². The fraction of sp³-hybridized carbons (Fsp3) is 0.611. The van der Waals surface area contributed by atoms with E-state index in [0.717, 1.165) is 37.4 Å². The van der Waals surface area contributed by atoms with E-state index < -0.39 is 0 Å². The van der Waals surface area contributed by atoms with E-state index in [1.165, 1.54) is 11.1 Å². The molecule has 3 heteroatoms. The second-order valence-corrected chi connectivity index (χ2v) is 6.84. The molecule has 0 spiro atoms. The molecule has 0 aliphatic carbocycles. The molecule has 0 saturated carbocycles. The minimum atomic E-state index is 0.107. The average molecular weight is 289 g/mol. The number of aromatic nitrogens is 1. The maximum Gasteiger partial charge on any atom is 0.133 e. The van der Waals surface area contributed by atoms with Crippen LogP contribution in [0.1, 0.15) is 50.4 Å². The van der Waals surface area contributed by atoms with Crippen molar-refractivity contribution in [2.45, 2.75) is 59.5 Å². The molecule has 0 fully saturated rings. The first-order chi connectivity index (χ1) is 9.74. The molecule has 3 nitrogen and oxygen atoms in total. The molecule has 0 amide bonds. The van der Waals surface area contributed by atoms with Crippen molar-refractivity contribution in [2.75, 3.05) is 18.5 Å². The minimum absolute atomic E-state index is 0.107. The highest BCUT2D eigenvalue weighted by Gasteiger charge is 2.15. The van der Waals surface area contributed by atoms with Gasteiger partial charge in [0.15, 0.2) is 0 Å². The fourth-order valence-electron chi connectivity index (χ4n) is 2.31. The summed E-state index contributed by atoms with van der Waals surface area (Å²) >= 11 is 0. The lowest BCUT2D eigenvalue weighted by Gasteiger charge is -2.26. The Morgan fingerprint density at radius 3 is 2.57 bits per heavy atom. The number of anilines is 1. The summed E-state index contributed by atoms with van der Waals surface area (Å²) in [5, 5.41) is 3.58. The molecular formula is C18H31N3. The lowest BCUT2D eigenvalue weighted by atomic mass is 10.1. The molecule has 1 aromatic rings. The van der Waals surface area contributed by atoms with Gasteiger partial charge in [-0.25, -0.2) is 4.98 Å². The third kappa shape index (κ3) is 5.88. The highest BCUT2D eigenvalue weighted by atomic mass is 15.2. The number of aryl methyl sites for hydroxylation is 2. The van der Waals surface area contributed by atoms with Crippen molar-refractivity contribution >= 4 is 5.82 Å². The van der Waals surface area contributed by atoms with Gasteiger partial charge in [-0.2, -0.15) is 0 Å². The fourth-order valence-corrected chi connectivity index (χ4v) is 2.31. The van der Waals surface area contributed by atoms with Gasteiger partial charge >= 0.3 is 0 Å². The van der Waals surface area contributed by atoms with Crippen LogP contribution in [-0.4, -0.2) is 24.1 Å². The van der Waals surface area contributed by atoms with Crippen LogP contribution in [0, 0.1) is 13.8 Å². The third-order valence-electron chi connectivity index (χ3n) is 3.51. The van der Waals surface area contributed by atoms with E-state index in [9.17, 15) is 0 Å². The summed E-state index contributed by atoms with van der Waals surface area (Å²) in [5.74, 6) is 1.10. The van der Waals surface area contributed by atoms with Crippen LogP contribution in [0.15, 0.2) is 18.7 Å². The number of nitrogens with one attached hydrogen (secondary N) is 1. The normalized spacial score (nSPS) is 11.5. The average Bonchev–Trinajstić information content (AvgIpc) is 2.35. The van der Waals surface area contributed by atoms with Crippen LogP contribution in [-0.2, 0) is 6.54 Å². The van der Waals surface area contributed by atoms with Gasteiger partial charge in [0.1, 0.15) is 5.82 Å². The van der Waals surface area contributed by atoms with E-state index in [1.807, 2.05) is 6.08 Å². The maximum atomic E-state index is 4.77. The second kappa shape index (κ2) is 7.60. The van der Waals surface area contributed by atoms with E-state index in [4.69, 9.17) is 4.98 Å². The molecule has 0 aromatic carbocycles. The number of pyridine rings is 1. The number of hydrogen-bond donors (Lipinski definition) is 1. The zero-order valence-electron chi connectivity index (χ0n) is 14.6. The van der Waals surface area contributed by atoms with Gasteiger partial charge in [0.05, 0.1) is 0 Å². The van der Waals surface area contributed by atoms with Crippen molar-refractivity contribution in [1.29, 1.82) is 0 Å². The third-order valence-corrected chi connectivity index (χ3v) is 3.51. The number of nitrogens with zero attached hydrogens (tertiary/aromatic N) is 2. The van der Waals surface area contributed by atoms with Gasteiger partial charge in [0.25, 0.3) is 0 Å². The predicted octanol–water partition coefficient (Wildman–Crippen LogP) is 3.99. The molecule has 0 saturated heterocycles. The van der Waals surface area contributed by atoms with E-state index in [0.29, 0.717) is 0 Å². The lowest BCUT2D eigenvalue weighted by molar-refractivity contribution is 0.423. The second-order valence-electron chi connectivity index (χ2n) is 6.84. The van der Waals surface area contributed by atoms with Gasteiger partial charge in [0.2, 0.25) is 0 Å².